The van der Waals surface area contributed by atoms with Crippen molar-refractivity contribution in [1.82, 2.24) is 5.32 Å². The van der Waals surface area contributed by atoms with Crippen molar-refractivity contribution in [3.05, 3.63) is 53.6 Å². The number of nitrogens with zero attached hydrogens (tertiary/aromatic N) is 1. The van der Waals surface area contributed by atoms with Gasteiger partial charge in [-0.25, -0.2) is 8.42 Å². The number of hydrogen-bond donors (Lipinski definition) is 1. The van der Waals surface area contributed by atoms with Gasteiger partial charge in [-0.2, -0.15) is 13.2 Å². The quantitative estimate of drug-likeness (QED) is 0.719. The molecule has 0 aliphatic carbocycles. The molecule has 2 aromatic carbocycles. The van der Waals surface area contributed by atoms with E-state index in [9.17, 15) is 26.4 Å². The zero-order valence-electron chi connectivity index (χ0n) is 16.8. The highest BCUT2D eigenvalue weighted by molar-refractivity contribution is 7.92. The van der Waals surface area contributed by atoms with Crippen molar-refractivity contribution >= 4 is 21.6 Å². The fourth-order valence-corrected chi connectivity index (χ4v) is 3.92. The largest absolute Gasteiger partial charge is 0.486 e. The molecule has 31 heavy (non-hydrogen) atoms. The predicted octanol–water partition coefficient (Wildman–Crippen LogP) is 3.12. The summed E-state index contributed by atoms with van der Waals surface area (Å²) in [6.07, 6.45) is -3.82. The molecule has 0 saturated carbocycles. The number of fused-ring (bicyclic) bond motifs is 1. The Morgan fingerprint density at radius 2 is 1.81 bits per heavy atom. The molecular weight excluding hydrogens is 437 g/mol. The van der Waals surface area contributed by atoms with Crippen LogP contribution in [0.5, 0.6) is 11.5 Å². The van der Waals surface area contributed by atoms with Crippen molar-refractivity contribution in [3.8, 4) is 11.5 Å². The van der Waals surface area contributed by atoms with E-state index >= 15 is 0 Å². The minimum absolute atomic E-state index is 0.251. The van der Waals surface area contributed by atoms with Gasteiger partial charge < -0.3 is 14.8 Å². The van der Waals surface area contributed by atoms with Gasteiger partial charge in [-0.05, 0) is 42.8 Å². The van der Waals surface area contributed by atoms with Gasteiger partial charge in [-0.3, -0.25) is 9.10 Å². The summed E-state index contributed by atoms with van der Waals surface area (Å²) in [5.74, 6) is 0.443. The summed E-state index contributed by atoms with van der Waals surface area (Å²) >= 11 is 0. The summed E-state index contributed by atoms with van der Waals surface area (Å²) in [5.41, 5.74) is -0.564. The summed E-state index contributed by atoms with van der Waals surface area (Å²) in [4.78, 5) is 12.5. The fraction of sp³-hybridized carbons (Fsp3) is 0.350. The number of benzene rings is 2. The molecule has 168 valence electrons. The SMILES string of the molecule is CC(NC(=O)CN(c1cccc(C(F)(F)F)c1)S(C)(=O)=O)c1ccc2c(c1)OCCO2. The number of sulfonamides is 1. The van der Waals surface area contributed by atoms with Gasteiger partial charge >= 0.3 is 6.18 Å². The Kier molecular flexibility index (Phi) is 6.35. The number of hydrogen-bond acceptors (Lipinski definition) is 5. The van der Waals surface area contributed by atoms with Crippen LogP contribution < -0.4 is 19.1 Å². The molecule has 1 aliphatic rings. The maximum atomic E-state index is 13.0. The first-order valence-electron chi connectivity index (χ1n) is 9.29. The van der Waals surface area contributed by atoms with Gasteiger partial charge in [-0.1, -0.05) is 12.1 Å². The molecule has 0 aromatic heterocycles. The Labute approximate surface area is 177 Å². The first-order chi connectivity index (χ1) is 14.4. The second kappa shape index (κ2) is 8.66. The van der Waals surface area contributed by atoms with Crippen molar-refractivity contribution in [3.63, 3.8) is 0 Å². The maximum absolute atomic E-state index is 13.0. The zero-order chi connectivity index (χ0) is 22.8. The van der Waals surface area contributed by atoms with Crippen molar-refractivity contribution in [2.75, 3.05) is 30.3 Å². The highest BCUT2D eigenvalue weighted by Crippen LogP contribution is 2.33. The van der Waals surface area contributed by atoms with Crippen LogP contribution in [0.25, 0.3) is 0 Å². The molecule has 0 fully saturated rings. The zero-order valence-corrected chi connectivity index (χ0v) is 17.6. The third kappa shape index (κ3) is 5.60. The Bertz CT molecular complexity index is 1070. The average molecular weight is 458 g/mol. The lowest BCUT2D eigenvalue weighted by molar-refractivity contribution is -0.137. The molecule has 0 bridgehead atoms. The van der Waals surface area contributed by atoms with Crippen LogP contribution in [0.2, 0.25) is 0 Å². The summed E-state index contributed by atoms with van der Waals surface area (Å²) in [7, 11) is -4.02. The van der Waals surface area contributed by atoms with Crippen LogP contribution in [-0.2, 0) is 21.0 Å². The lowest BCUT2D eigenvalue weighted by Crippen LogP contribution is -2.41. The van der Waals surface area contributed by atoms with E-state index < -0.39 is 40.3 Å². The molecule has 3 rings (SSSR count). The van der Waals surface area contributed by atoms with Gasteiger partial charge in [0.25, 0.3) is 0 Å². The van der Waals surface area contributed by atoms with Gasteiger partial charge in [0, 0.05) is 0 Å². The number of carbonyl (C=O) groups is 1. The second-order valence-electron chi connectivity index (χ2n) is 7.01. The minimum atomic E-state index is -4.64. The molecule has 7 nitrogen and oxygen atoms in total. The smallest absolute Gasteiger partial charge is 0.416 e. The summed E-state index contributed by atoms with van der Waals surface area (Å²) in [6, 6.07) is 8.45. The van der Waals surface area contributed by atoms with E-state index in [0.29, 0.717) is 40.6 Å². The van der Waals surface area contributed by atoms with Crippen LogP contribution in [0.15, 0.2) is 42.5 Å². The van der Waals surface area contributed by atoms with Crippen LogP contribution in [-0.4, -0.2) is 40.3 Å². The normalized spacial score (nSPS) is 14.6. The maximum Gasteiger partial charge on any atom is 0.416 e. The molecular formula is C20H21F3N2O5S. The topological polar surface area (TPSA) is 84.9 Å². The number of rotatable bonds is 6. The molecule has 1 atom stereocenters. The standard InChI is InChI=1S/C20H21F3N2O5S/c1-13(14-6-7-17-18(10-14)30-9-8-29-17)24-19(26)12-25(31(2,27)28)16-5-3-4-15(11-16)20(21,22)23/h3-7,10-11,13H,8-9,12H2,1-2H3,(H,24,26). The third-order valence-corrected chi connectivity index (χ3v) is 5.73. The van der Waals surface area contributed by atoms with E-state index in [1.54, 1.807) is 25.1 Å². The molecule has 0 spiro atoms. The van der Waals surface area contributed by atoms with Crippen LogP contribution >= 0.6 is 0 Å². The molecule has 1 unspecified atom stereocenters. The first-order valence-corrected chi connectivity index (χ1v) is 11.1. The van der Waals surface area contributed by atoms with Crippen LogP contribution in [0.3, 0.4) is 0 Å². The van der Waals surface area contributed by atoms with Crippen LogP contribution in [0.4, 0.5) is 18.9 Å². The van der Waals surface area contributed by atoms with Gasteiger partial charge in [0.1, 0.15) is 19.8 Å². The number of amides is 1. The van der Waals surface area contributed by atoms with Gasteiger partial charge in [0.2, 0.25) is 15.9 Å². The van der Waals surface area contributed by atoms with Crippen molar-refractivity contribution in [1.29, 1.82) is 0 Å². The van der Waals surface area contributed by atoms with Gasteiger partial charge in [0.05, 0.1) is 23.5 Å². The Morgan fingerprint density at radius 3 is 2.45 bits per heavy atom. The summed E-state index contributed by atoms with van der Waals surface area (Å²) < 4.78 is 75.0. The lowest BCUT2D eigenvalue weighted by Gasteiger charge is -2.24. The van der Waals surface area contributed by atoms with Crippen LogP contribution in [0.1, 0.15) is 24.1 Å². The molecule has 0 saturated heterocycles. The molecule has 1 N–H and O–H groups in total. The van der Waals surface area contributed by atoms with E-state index in [1.165, 1.54) is 6.07 Å². The van der Waals surface area contributed by atoms with E-state index in [4.69, 9.17) is 9.47 Å². The van der Waals surface area contributed by atoms with Crippen molar-refractivity contribution in [2.45, 2.75) is 19.1 Å². The average Bonchev–Trinajstić information content (AvgIpc) is 2.70. The van der Waals surface area contributed by atoms with Crippen LogP contribution in [0, 0.1) is 0 Å². The fourth-order valence-electron chi connectivity index (χ4n) is 3.07. The predicted molar refractivity (Wildman–Crippen MR) is 108 cm³/mol. The third-order valence-electron chi connectivity index (χ3n) is 4.59. The number of ether oxygens (including phenoxy) is 2. The number of carbonyl (C=O) groups excluding carboxylic acids is 1. The Hall–Kier alpha value is -2.95. The van der Waals surface area contributed by atoms with E-state index in [1.807, 2.05) is 0 Å². The number of halogens is 3. The van der Waals surface area contributed by atoms with Crippen molar-refractivity contribution < 1.29 is 35.9 Å². The molecule has 11 heteroatoms. The van der Waals surface area contributed by atoms with E-state index in [0.717, 1.165) is 18.4 Å². The molecule has 1 amide bonds. The second-order valence-corrected chi connectivity index (χ2v) is 8.92. The van der Waals surface area contributed by atoms with Gasteiger partial charge in [0.15, 0.2) is 11.5 Å². The first kappa shape index (κ1) is 22.7. The monoisotopic (exact) mass is 458 g/mol. The Balaban J connectivity index is 1.76. The Morgan fingerprint density at radius 1 is 1.13 bits per heavy atom. The van der Waals surface area contributed by atoms with E-state index in [-0.39, 0.29) is 5.69 Å². The molecule has 1 aliphatic heterocycles. The summed E-state index contributed by atoms with van der Waals surface area (Å²) in [5, 5.41) is 2.66. The van der Waals surface area contributed by atoms with E-state index in [2.05, 4.69) is 5.32 Å². The minimum Gasteiger partial charge on any atom is -0.486 e. The molecule has 2 aromatic rings. The highest BCUT2D eigenvalue weighted by atomic mass is 32.2. The number of nitrogens with one attached hydrogen (secondary N) is 1. The highest BCUT2D eigenvalue weighted by Gasteiger charge is 2.32. The molecule has 1 heterocycles. The number of alkyl halides is 3. The molecule has 0 radical (unpaired) electrons. The van der Waals surface area contributed by atoms with Gasteiger partial charge in [-0.15, -0.1) is 0 Å². The number of anilines is 1. The van der Waals surface area contributed by atoms with Crippen molar-refractivity contribution in [2.24, 2.45) is 0 Å². The summed E-state index contributed by atoms with van der Waals surface area (Å²) in [6.45, 7) is 1.86. The lowest BCUT2D eigenvalue weighted by atomic mass is 10.1.